The molecule has 0 radical (unpaired) electrons. The number of aryl methyl sites for hydroxylation is 1. The van der Waals surface area contributed by atoms with Gasteiger partial charge in [-0.3, -0.25) is 0 Å². The monoisotopic (exact) mass is 418 g/mol. The molecule has 0 spiro atoms. The zero-order valence-electron chi connectivity index (χ0n) is 15.7. The summed E-state index contributed by atoms with van der Waals surface area (Å²) in [5.74, 6) is 2.71. The molecule has 0 aliphatic heterocycles. The van der Waals surface area contributed by atoms with E-state index in [1.54, 1.807) is 0 Å². The van der Waals surface area contributed by atoms with Crippen molar-refractivity contribution in [2.75, 3.05) is 7.05 Å². The van der Waals surface area contributed by atoms with Gasteiger partial charge in [0.05, 0.1) is 0 Å². The molecule has 26 heavy (non-hydrogen) atoms. The van der Waals surface area contributed by atoms with Gasteiger partial charge in [-0.05, 0) is 31.4 Å². The number of halogens is 1. The predicted molar refractivity (Wildman–Crippen MR) is 108 cm³/mol. The number of aromatic nitrogens is 3. The van der Waals surface area contributed by atoms with Crippen molar-refractivity contribution >= 4 is 21.9 Å². The standard InChI is InChI=1S/C19H27BrN6/c1-14-23-24-18(26(14)3)12-21-19(22-16-9-5-6-10-16)25(2)13-15-8-4-7-11-17(15)20/h4,7-8,11,16H,5-6,9-10,12-13H2,1-3H3,(H,21,22). The van der Waals surface area contributed by atoms with Crippen molar-refractivity contribution in [2.24, 2.45) is 12.0 Å². The highest BCUT2D eigenvalue weighted by Crippen LogP contribution is 2.20. The van der Waals surface area contributed by atoms with Crippen LogP contribution in [0.4, 0.5) is 0 Å². The van der Waals surface area contributed by atoms with Gasteiger partial charge in [0.1, 0.15) is 12.4 Å². The largest absolute Gasteiger partial charge is 0.353 e. The Morgan fingerprint density at radius 1 is 1.31 bits per heavy atom. The molecule has 1 N–H and O–H groups in total. The van der Waals surface area contributed by atoms with Crippen molar-refractivity contribution < 1.29 is 0 Å². The maximum absolute atomic E-state index is 4.85. The number of hydrogen-bond acceptors (Lipinski definition) is 3. The van der Waals surface area contributed by atoms with E-state index in [9.17, 15) is 0 Å². The van der Waals surface area contributed by atoms with Crippen molar-refractivity contribution in [3.05, 3.63) is 46.0 Å². The van der Waals surface area contributed by atoms with Gasteiger partial charge in [0, 0.05) is 31.2 Å². The molecule has 3 rings (SSSR count). The van der Waals surface area contributed by atoms with E-state index in [4.69, 9.17) is 4.99 Å². The van der Waals surface area contributed by atoms with E-state index in [0.717, 1.165) is 28.6 Å². The summed E-state index contributed by atoms with van der Waals surface area (Å²) in [4.78, 5) is 7.03. The molecule has 1 aromatic carbocycles. The van der Waals surface area contributed by atoms with E-state index in [1.807, 2.05) is 24.6 Å². The van der Waals surface area contributed by atoms with Gasteiger partial charge in [-0.15, -0.1) is 10.2 Å². The van der Waals surface area contributed by atoms with Crippen LogP contribution in [0.3, 0.4) is 0 Å². The minimum absolute atomic E-state index is 0.511. The average molecular weight is 419 g/mol. The first-order valence-electron chi connectivity index (χ1n) is 9.15. The molecule has 1 saturated carbocycles. The Morgan fingerprint density at radius 2 is 2.04 bits per heavy atom. The fourth-order valence-corrected chi connectivity index (χ4v) is 3.63. The van der Waals surface area contributed by atoms with Crippen LogP contribution < -0.4 is 5.32 Å². The minimum atomic E-state index is 0.511. The fourth-order valence-electron chi connectivity index (χ4n) is 3.22. The molecule has 1 aliphatic carbocycles. The van der Waals surface area contributed by atoms with Crippen molar-refractivity contribution in [1.29, 1.82) is 0 Å². The number of nitrogens with one attached hydrogen (secondary N) is 1. The Balaban J connectivity index is 1.76. The average Bonchev–Trinajstić information content (AvgIpc) is 3.25. The molecule has 6 nitrogen and oxygen atoms in total. The van der Waals surface area contributed by atoms with Crippen LogP contribution in [0.25, 0.3) is 0 Å². The lowest BCUT2D eigenvalue weighted by Crippen LogP contribution is -2.43. The molecule has 0 unspecified atom stereocenters. The first kappa shape index (κ1) is 18.9. The van der Waals surface area contributed by atoms with Crippen molar-refractivity contribution in [1.82, 2.24) is 25.0 Å². The molecule has 7 heteroatoms. The van der Waals surface area contributed by atoms with E-state index in [1.165, 1.54) is 31.2 Å². The van der Waals surface area contributed by atoms with Crippen LogP contribution in [0.2, 0.25) is 0 Å². The van der Waals surface area contributed by atoms with Gasteiger partial charge in [0.15, 0.2) is 11.8 Å². The molecular formula is C19H27BrN6. The van der Waals surface area contributed by atoms with Crippen LogP contribution in [0.5, 0.6) is 0 Å². The molecule has 1 aromatic heterocycles. The molecule has 1 heterocycles. The first-order valence-corrected chi connectivity index (χ1v) is 9.94. The molecule has 0 bridgehead atoms. The summed E-state index contributed by atoms with van der Waals surface area (Å²) in [6.45, 7) is 3.27. The lowest BCUT2D eigenvalue weighted by Gasteiger charge is -2.26. The number of rotatable bonds is 5. The van der Waals surface area contributed by atoms with Gasteiger partial charge in [-0.25, -0.2) is 4.99 Å². The normalized spacial score (nSPS) is 15.5. The number of hydrogen-bond donors (Lipinski definition) is 1. The third kappa shape index (κ3) is 4.63. The van der Waals surface area contributed by atoms with E-state index < -0.39 is 0 Å². The lowest BCUT2D eigenvalue weighted by molar-refractivity contribution is 0.455. The van der Waals surface area contributed by atoms with Crippen molar-refractivity contribution in [2.45, 2.75) is 51.7 Å². The van der Waals surface area contributed by atoms with E-state index in [2.05, 4.69) is 61.6 Å². The Labute approximate surface area is 163 Å². The lowest BCUT2D eigenvalue weighted by atomic mass is 10.2. The van der Waals surface area contributed by atoms with Gasteiger partial charge in [0.2, 0.25) is 0 Å². The minimum Gasteiger partial charge on any atom is -0.353 e. The highest BCUT2D eigenvalue weighted by Gasteiger charge is 2.19. The molecular weight excluding hydrogens is 392 g/mol. The van der Waals surface area contributed by atoms with E-state index in [-0.39, 0.29) is 0 Å². The summed E-state index contributed by atoms with van der Waals surface area (Å²) in [5, 5.41) is 12.0. The number of nitrogens with zero attached hydrogens (tertiary/aromatic N) is 5. The van der Waals surface area contributed by atoms with Gasteiger partial charge in [-0.2, -0.15) is 0 Å². The molecule has 0 amide bonds. The first-order chi connectivity index (χ1) is 12.5. The van der Waals surface area contributed by atoms with Gasteiger partial charge in [-0.1, -0.05) is 47.0 Å². The molecule has 140 valence electrons. The summed E-state index contributed by atoms with van der Waals surface area (Å²) in [6, 6.07) is 8.83. The highest BCUT2D eigenvalue weighted by atomic mass is 79.9. The zero-order chi connectivity index (χ0) is 18.5. The fraction of sp³-hybridized carbons (Fsp3) is 0.526. The van der Waals surface area contributed by atoms with Gasteiger partial charge < -0.3 is 14.8 Å². The summed E-state index contributed by atoms with van der Waals surface area (Å²) >= 11 is 3.64. The third-order valence-corrected chi connectivity index (χ3v) is 5.74. The van der Waals surface area contributed by atoms with Gasteiger partial charge >= 0.3 is 0 Å². The maximum atomic E-state index is 4.85. The van der Waals surface area contributed by atoms with Crippen molar-refractivity contribution in [3.63, 3.8) is 0 Å². The third-order valence-electron chi connectivity index (χ3n) is 4.97. The molecule has 0 saturated heterocycles. The van der Waals surface area contributed by atoms with E-state index >= 15 is 0 Å². The summed E-state index contributed by atoms with van der Waals surface area (Å²) < 4.78 is 3.11. The molecule has 1 aliphatic rings. The van der Waals surface area contributed by atoms with Gasteiger partial charge in [0.25, 0.3) is 0 Å². The SMILES string of the molecule is Cc1nnc(CN=C(NC2CCCC2)N(C)Cc2ccccc2Br)n1C. The van der Waals surface area contributed by atoms with Crippen LogP contribution in [-0.2, 0) is 20.1 Å². The molecule has 2 aromatic rings. The smallest absolute Gasteiger partial charge is 0.194 e. The van der Waals surface area contributed by atoms with Crippen molar-refractivity contribution in [3.8, 4) is 0 Å². The Morgan fingerprint density at radius 3 is 2.69 bits per heavy atom. The zero-order valence-corrected chi connectivity index (χ0v) is 17.3. The topological polar surface area (TPSA) is 58.3 Å². The second-order valence-corrected chi connectivity index (χ2v) is 7.79. The molecule has 0 atom stereocenters. The van der Waals surface area contributed by atoms with Crippen LogP contribution in [0.1, 0.15) is 42.9 Å². The summed E-state index contributed by atoms with van der Waals surface area (Å²) in [5.41, 5.74) is 1.24. The number of guanidine groups is 1. The maximum Gasteiger partial charge on any atom is 0.194 e. The quantitative estimate of drug-likeness (QED) is 0.596. The second kappa shape index (κ2) is 8.66. The van der Waals surface area contributed by atoms with Crippen LogP contribution in [-0.4, -0.2) is 38.7 Å². The van der Waals surface area contributed by atoms with Crippen LogP contribution >= 0.6 is 15.9 Å². The van der Waals surface area contributed by atoms with Crippen LogP contribution in [0, 0.1) is 6.92 Å². The highest BCUT2D eigenvalue weighted by molar-refractivity contribution is 9.10. The predicted octanol–water partition coefficient (Wildman–Crippen LogP) is 3.41. The summed E-state index contributed by atoms with van der Waals surface area (Å²) in [7, 11) is 4.07. The summed E-state index contributed by atoms with van der Waals surface area (Å²) in [6.07, 6.45) is 5.01. The van der Waals surface area contributed by atoms with Crippen LogP contribution in [0.15, 0.2) is 33.7 Å². The van der Waals surface area contributed by atoms with E-state index in [0.29, 0.717) is 12.6 Å². The Kier molecular flexibility index (Phi) is 6.29. The number of aliphatic imine (C=N–C) groups is 1. The molecule has 1 fully saturated rings. The second-order valence-electron chi connectivity index (χ2n) is 6.94. The Hall–Kier alpha value is -1.89. The number of benzene rings is 1. The Bertz CT molecular complexity index is 763.